The number of carbonyl (C=O) groups is 4. The molecule has 3 amide bonds. The minimum Gasteiger partial charge on any atom is -0.461 e. The number of amides is 3. The molecule has 0 bridgehead atoms. The molecule has 10 heteroatoms. The highest BCUT2D eigenvalue weighted by Crippen LogP contribution is 2.18. The van der Waals surface area contributed by atoms with E-state index in [0.717, 1.165) is 21.9 Å². The van der Waals surface area contributed by atoms with E-state index in [2.05, 4.69) is 16.0 Å². The van der Waals surface area contributed by atoms with E-state index < -0.39 is 23.6 Å². The number of esters is 1. The Bertz CT molecular complexity index is 1280. The third-order valence-electron chi connectivity index (χ3n) is 5.40. The van der Waals surface area contributed by atoms with Gasteiger partial charge in [0.05, 0.1) is 6.61 Å². The number of carbonyl (C=O) groups excluding carboxylic acids is 4. The molecule has 3 aromatic rings. The molecule has 0 aliphatic carbocycles. The second-order valence-electron chi connectivity index (χ2n) is 10.1. The zero-order valence-corrected chi connectivity index (χ0v) is 24.2. The molecular weight excluding hydrogens is 526 g/mol. The van der Waals surface area contributed by atoms with Gasteiger partial charge in [0.1, 0.15) is 24.8 Å². The Morgan fingerprint density at radius 1 is 0.854 bits per heavy atom. The van der Waals surface area contributed by atoms with Gasteiger partial charge in [-0.1, -0.05) is 72.8 Å². The van der Waals surface area contributed by atoms with Crippen molar-refractivity contribution in [3.8, 4) is 0 Å². The fraction of sp³-hybridized carbons (Fsp3) is 0.355. The summed E-state index contributed by atoms with van der Waals surface area (Å²) >= 11 is 0. The maximum Gasteiger partial charge on any atom is 0.408 e. The van der Waals surface area contributed by atoms with Gasteiger partial charge in [0.2, 0.25) is 11.8 Å². The van der Waals surface area contributed by atoms with Gasteiger partial charge < -0.3 is 30.2 Å². The molecule has 3 aromatic carbocycles. The highest BCUT2D eigenvalue weighted by molar-refractivity contribution is 5.90. The lowest BCUT2D eigenvalue weighted by molar-refractivity contribution is -0.142. The Hall–Kier alpha value is -4.44. The summed E-state index contributed by atoms with van der Waals surface area (Å²) in [5.41, 5.74) is 1.32. The minimum atomic E-state index is -0.891. The van der Waals surface area contributed by atoms with Crippen molar-refractivity contribution in [3.63, 3.8) is 0 Å². The number of methoxy groups -OCH3 is 1. The summed E-state index contributed by atoms with van der Waals surface area (Å²) in [6, 6.07) is 22.5. The van der Waals surface area contributed by atoms with Crippen molar-refractivity contribution in [2.75, 3.05) is 20.3 Å². The molecule has 0 spiro atoms. The molecule has 0 aliphatic heterocycles. The number of ether oxygens (including phenoxy) is 3. The van der Waals surface area contributed by atoms with E-state index in [4.69, 9.17) is 14.2 Å². The smallest absolute Gasteiger partial charge is 0.408 e. The monoisotopic (exact) mass is 565 g/mol. The molecule has 0 aromatic heterocycles. The molecule has 0 radical (unpaired) electrons. The van der Waals surface area contributed by atoms with Crippen LogP contribution in [0.1, 0.15) is 38.8 Å². The van der Waals surface area contributed by atoms with Crippen LogP contribution in [-0.2, 0) is 41.7 Å². The van der Waals surface area contributed by atoms with Gasteiger partial charge in [0.15, 0.2) is 0 Å². The van der Waals surface area contributed by atoms with Gasteiger partial charge in [-0.2, -0.15) is 0 Å². The highest BCUT2D eigenvalue weighted by Gasteiger charge is 2.22. The molecule has 41 heavy (non-hydrogen) atoms. The Morgan fingerprint density at radius 3 is 2.17 bits per heavy atom. The Balaban J connectivity index is 0.000000446. The van der Waals surface area contributed by atoms with Crippen LogP contribution < -0.4 is 16.0 Å². The van der Waals surface area contributed by atoms with Crippen molar-refractivity contribution in [1.29, 1.82) is 0 Å². The van der Waals surface area contributed by atoms with Gasteiger partial charge in [-0.15, -0.1) is 0 Å². The van der Waals surface area contributed by atoms with Crippen LogP contribution in [0.15, 0.2) is 72.8 Å². The minimum absolute atomic E-state index is 0.000448. The molecule has 3 rings (SSSR count). The van der Waals surface area contributed by atoms with Crippen molar-refractivity contribution in [2.45, 2.75) is 52.5 Å². The number of benzene rings is 3. The molecule has 0 saturated heterocycles. The summed E-state index contributed by atoms with van der Waals surface area (Å²) in [5, 5.41) is 9.89. The second-order valence-corrected chi connectivity index (χ2v) is 10.1. The lowest BCUT2D eigenvalue weighted by Crippen LogP contribution is -2.51. The van der Waals surface area contributed by atoms with E-state index in [1.54, 1.807) is 20.8 Å². The Morgan fingerprint density at radius 2 is 1.51 bits per heavy atom. The molecular formula is C31H39N3O7. The van der Waals surface area contributed by atoms with E-state index in [-0.39, 0.29) is 25.0 Å². The lowest BCUT2D eigenvalue weighted by Gasteiger charge is -2.20. The molecule has 0 aliphatic rings. The first-order valence-electron chi connectivity index (χ1n) is 13.1. The largest absolute Gasteiger partial charge is 0.461 e. The fourth-order valence-corrected chi connectivity index (χ4v) is 3.57. The molecule has 0 fully saturated rings. The van der Waals surface area contributed by atoms with E-state index in [1.165, 1.54) is 14.0 Å². The first-order chi connectivity index (χ1) is 19.5. The van der Waals surface area contributed by atoms with E-state index in [9.17, 15) is 19.2 Å². The summed E-state index contributed by atoms with van der Waals surface area (Å²) in [5.74, 6) is -1.15. The summed E-state index contributed by atoms with van der Waals surface area (Å²) in [4.78, 5) is 46.8. The number of nitrogens with one attached hydrogen (secondary N) is 3. The third-order valence-corrected chi connectivity index (χ3v) is 5.40. The van der Waals surface area contributed by atoms with Gasteiger partial charge in [-0.25, -0.2) is 4.79 Å². The Kier molecular flexibility index (Phi) is 13.3. The quantitative estimate of drug-likeness (QED) is 0.318. The van der Waals surface area contributed by atoms with Gasteiger partial charge in [-0.05, 0) is 42.7 Å². The van der Waals surface area contributed by atoms with E-state index >= 15 is 0 Å². The van der Waals surface area contributed by atoms with Crippen LogP contribution in [0.3, 0.4) is 0 Å². The molecule has 1 atom stereocenters. The second kappa shape index (κ2) is 16.6. The number of alkyl carbamates (subject to hydrolysis) is 1. The number of fused-ring (bicyclic) bond motifs is 1. The average Bonchev–Trinajstić information content (AvgIpc) is 2.93. The van der Waals surface area contributed by atoms with Crippen LogP contribution in [-0.4, -0.2) is 55.8 Å². The van der Waals surface area contributed by atoms with Gasteiger partial charge in [0.25, 0.3) is 0 Å². The average molecular weight is 566 g/mol. The fourth-order valence-electron chi connectivity index (χ4n) is 3.57. The summed E-state index contributed by atoms with van der Waals surface area (Å²) in [6.07, 6.45) is -0.707. The van der Waals surface area contributed by atoms with E-state index in [0.29, 0.717) is 13.2 Å². The molecule has 1 unspecified atom stereocenters. The first kappa shape index (κ1) is 32.8. The lowest BCUT2D eigenvalue weighted by atomic mass is 10.0. The van der Waals surface area contributed by atoms with Crippen molar-refractivity contribution >= 4 is 34.6 Å². The first-order valence-corrected chi connectivity index (χ1v) is 13.1. The van der Waals surface area contributed by atoms with Gasteiger partial charge in [-0.3, -0.25) is 14.4 Å². The van der Waals surface area contributed by atoms with Crippen molar-refractivity contribution < 1.29 is 33.4 Å². The molecule has 0 saturated carbocycles. The van der Waals surface area contributed by atoms with Crippen LogP contribution >= 0.6 is 0 Å². The third kappa shape index (κ3) is 13.0. The van der Waals surface area contributed by atoms with Gasteiger partial charge in [0, 0.05) is 20.6 Å². The van der Waals surface area contributed by atoms with Crippen LogP contribution in [0.2, 0.25) is 0 Å². The number of rotatable bonds is 10. The van der Waals surface area contributed by atoms with Crippen LogP contribution in [0.4, 0.5) is 4.79 Å². The molecule has 10 nitrogen and oxygen atoms in total. The Labute approximate surface area is 240 Å². The maximum absolute atomic E-state index is 12.6. The van der Waals surface area contributed by atoms with Crippen LogP contribution in [0, 0.1) is 0 Å². The summed E-state index contributed by atoms with van der Waals surface area (Å²) < 4.78 is 14.9. The predicted molar refractivity (Wildman–Crippen MR) is 156 cm³/mol. The molecule has 220 valence electrons. The maximum atomic E-state index is 12.6. The van der Waals surface area contributed by atoms with E-state index in [1.807, 2.05) is 72.8 Å². The van der Waals surface area contributed by atoms with Crippen molar-refractivity contribution in [3.05, 3.63) is 83.9 Å². The zero-order chi connectivity index (χ0) is 30.3. The normalized spacial score (nSPS) is 11.3. The van der Waals surface area contributed by atoms with Crippen molar-refractivity contribution in [1.82, 2.24) is 16.0 Å². The number of hydrogen-bond acceptors (Lipinski definition) is 7. The standard InChI is InChI=1S/C22H29N3O5.C9H10O2/c1-22(2,3)30-21(28)24-13-19(26)25-18(14-29-4)20(27)23-12-16-10-7-9-15-8-5-6-11-17(15)16;1-8(10)11-7-9-5-3-2-4-6-9/h5-11,18H,12-14H2,1-4H3,(H,23,27)(H,24,28)(H,25,26);2-6H,7H2,1H3. The topological polar surface area (TPSA) is 132 Å². The molecule has 3 N–H and O–H groups in total. The predicted octanol–water partition coefficient (Wildman–Crippen LogP) is 3.86. The number of hydrogen-bond donors (Lipinski definition) is 3. The molecule has 0 heterocycles. The SMILES string of the molecule is CC(=O)OCc1ccccc1.COCC(NC(=O)CNC(=O)OC(C)(C)C)C(=O)NCc1cccc2ccccc12. The van der Waals surface area contributed by atoms with Crippen LogP contribution in [0.25, 0.3) is 10.8 Å². The summed E-state index contributed by atoms with van der Waals surface area (Å²) in [6.45, 7) is 6.95. The zero-order valence-electron chi connectivity index (χ0n) is 24.2. The van der Waals surface area contributed by atoms with Crippen molar-refractivity contribution in [2.24, 2.45) is 0 Å². The summed E-state index contributed by atoms with van der Waals surface area (Å²) in [7, 11) is 1.44. The highest BCUT2D eigenvalue weighted by atomic mass is 16.6. The van der Waals surface area contributed by atoms with Crippen LogP contribution in [0.5, 0.6) is 0 Å². The van der Waals surface area contributed by atoms with Gasteiger partial charge >= 0.3 is 12.1 Å².